The predicted molar refractivity (Wildman–Crippen MR) is 158 cm³/mol. The van der Waals surface area contributed by atoms with Crippen LogP contribution in [0, 0.1) is 0 Å². The summed E-state index contributed by atoms with van der Waals surface area (Å²) in [5.41, 5.74) is 3.02. The minimum atomic E-state index is -0.0266. The average molecular weight is 541 g/mol. The van der Waals surface area contributed by atoms with Crippen LogP contribution in [0.2, 0.25) is 0 Å². The second-order valence-electron chi connectivity index (χ2n) is 9.06. The molecule has 0 aromatic heterocycles. The summed E-state index contributed by atoms with van der Waals surface area (Å²) >= 11 is 0. The minimum absolute atomic E-state index is 0.0168. The van der Waals surface area contributed by atoms with Crippen LogP contribution in [0.25, 0.3) is 11.1 Å². The Morgan fingerprint density at radius 2 is 0.975 bits per heavy atom. The molecule has 0 radical (unpaired) electrons. The number of aliphatic imine (C=N–C) groups is 2. The lowest BCUT2D eigenvalue weighted by Gasteiger charge is -2.08. The molecule has 0 saturated carbocycles. The van der Waals surface area contributed by atoms with Crippen molar-refractivity contribution < 1.29 is 29.9 Å². The van der Waals surface area contributed by atoms with Crippen LogP contribution in [-0.2, 0) is 0 Å². The zero-order valence-electron chi connectivity index (χ0n) is 22.4. The summed E-state index contributed by atoms with van der Waals surface area (Å²) in [4.78, 5) is 8.75. The van der Waals surface area contributed by atoms with Crippen LogP contribution >= 0.6 is 0 Å². The lowest BCUT2D eigenvalue weighted by atomic mass is 10.0. The second-order valence-corrected chi connectivity index (χ2v) is 9.06. The number of benzene rings is 4. The maximum absolute atomic E-state index is 10.4. The highest BCUT2D eigenvalue weighted by molar-refractivity contribution is 5.88. The molecule has 0 aliphatic rings. The molecular formula is C32H32N2O6. The molecule has 0 aliphatic heterocycles. The molecule has 206 valence electrons. The van der Waals surface area contributed by atoms with Crippen molar-refractivity contribution in [3.8, 4) is 45.6 Å². The van der Waals surface area contributed by atoms with Crippen molar-refractivity contribution in [3.05, 3.63) is 83.9 Å². The molecule has 0 amide bonds. The van der Waals surface area contributed by atoms with Gasteiger partial charge >= 0.3 is 0 Å². The Balaban J connectivity index is 1.55. The smallest absolute Gasteiger partial charge is 0.141 e. The zero-order valence-corrected chi connectivity index (χ0v) is 22.4. The molecule has 0 fully saturated rings. The van der Waals surface area contributed by atoms with E-state index in [1.807, 2.05) is 13.8 Å². The summed E-state index contributed by atoms with van der Waals surface area (Å²) < 4.78 is 11.1. The standard InChI is InChI=1S/C32H32N2O6/c1-3-13-39-25-9-5-23(31(37)17-25)19-33-27-15-21(7-11-29(27)35)22-8-12-30(36)28(16-22)34-20-24-6-10-26(18-32(24)38)40-14-4-2/h5-12,15-20,35-38H,3-4,13-14H2,1-2H3. The van der Waals surface area contributed by atoms with Crippen molar-refractivity contribution >= 4 is 23.8 Å². The maximum Gasteiger partial charge on any atom is 0.141 e. The SMILES string of the molecule is CCCOc1ccc(C=Nc2cc(-c3ccc(O)c(N=Cc4ccc(OCCC)cc4O)c3)ccc2O)c(O)c1. The van der Waals surface area contributed by atoms with Crippen LogP contribution in [0.15, 0.2) is 82.8 Å². The van der Waals surface area contributed by atoms with Crippen molar-refractivity contribution in [2.75, 3.05) is 13.2 Å². The number of aromatic hydroxyl groups is 4. The molecular weight excluding hydrogens is 508 g/mol. The van der Waals surface area contributed by atoms with Gasteiger partial charge in [-0.05, 0) is 72.5 Å². The fraction of sp³-hybridized carbons (Fsp3) is 0.188. The third-order valence-electron chi connectivity index (χ3n) is 5.92. The fourth-order valence-corrected chi connectivity index (χ4v) is 3.78. The number of phenols is 4. The van der Waals surface area contributed by atoms with Crippen molar-refractivity contribution in [2.45, 2.75) is 26.7 Å². The summed E-state index contributed by atoms with van der Waals surface area (Å²) in [5, 5.41) is 41.4. The third-order valence-corrected chi connectivity index (χ3v) is 5.92. The summed E-state index contributed by atoms with van der Waals surface area (Å²) in [5.74, 6) is 1.12. The molecule has 0 heterocycles. The van der Waals surface area contributed by atoms with E-state index < -0.39 is 0 Å². The van der Waals surface area contributed by atoms with Gasteiger partial charge in [0.2, 0.25) is 0 Å². The van der Waals surface area contributed by atoms with E-state index in [1.54, 1.807) is 48.5 Å². The summed E-state index contributed by atoms with van der Waals surface area (Å²) in [6, 6.07) is 19.8. The summed E-state index contributed by atoms with van der Waals surface area (Å²) in [6.07, 6.45) is 4.66. The Labute approximate surface area is 233 Å². The number of hydrogen-bond donors (Lipinski definition) is 4. The highest BCUT2D eigenvalue weighted by Gasteiger charge is 2.09. The minimum Gasteiger partial charge on any atom is -0.507 e. The van der Waals surface area contributed by atoms with Crippen molar-refractivity contribution in [1.29, 1.82) is 0 Å². The van der Waals surface area contributed by atoms with Gasteiger partial charge in [-0.25, -0.2) is 0 Å². The predicted octanol–water partition coefficient (Wildman–Crippen LogP) is 7.25. The van der Waals surface area contributed by atoms with Crippen LogP contribution in [0.5, 0.6) is 34.5 Å². The van der Waals surface area contributed by atoms with Gasteiger partial charge in [-0.3, -0.25) is 9.98 Å². The van der Waals surface area contributed by atoms with Crippen LogP contribution in [-0.4, -0.2) is 46.1 Å². The highest BCUT2D eigenvalue weighted by atomic mass is 16.5. The van der Waals surface area contributed by atoms with E-state index in [0.717, 1.165) is 24.0 Å². The number of ether oxygens (including phenoxy) is 2. The van der Waals surface area contributed by atoms with Gasteiger partial charge in [0, 0.05) is 35.7 Å². The molecule has 4 aromatic rings. The topological polar surface area (TPSA) is 124 Å². The number of nitrogens with zero attached hydrogens (tertiary/aromatic N) is 2. The normalized spacial score (nSPS) is 11.3. The molecule has 8 heteroatoms. The van der Waals surface area contributed by atoms with E-state index in [1.165, 1.54) is 36.7 Å². The average Bonchev–Trinajstić information content (AvgIpc) is 2.95. The van der Waals surface area contributed by atoms with Crippen molar-refractivity contribution in [1.82, 2.24) is 0 Å². The quantitative estimate of drug-likeness (QED) is 0.149. The van der Waals surface area contributed by atoms with Gasteiger partial charge in [0.1, 0.15) is 45.9 Å². The van der Waals surface area contributed by atoms with E-state index in [4.69, 9.17) is 9.47 Å². The van der Waals surface area contributed by atoms with Crippen molar-refractivity contribution in [3.63, 3.8) is 0 Å². The number of hydrogen-bond acceptors (Lipinski definition) is 8. The molecule has 4 N–H and O–H groups in total. The van der Waals surface area contributed by atoms with Gasteiger partial charge in [0.15, 0.2) is 0 Å². The van der Waals surface area contributed by atoms with Gasteiger partial charge in [-0.2, -0.15) is 0 Å². The molecule has 0 bridgehead atoms. The Kier molecular flexibility index (Phi) is 9.25. The monoisotopic (exact) mass is 540 g/mol. The first-order chi connectivity index (χ1) is 19.4. The molecule has 0 aliphatic carbocycles. The lowest BCUT2D eigenvalue weighted by Crippen LogP contribution is -1.95. The zero-order chi connectivity index (χ0) is 28.5. The van der Waals surface area contributed by atoms with Gasteiger partial charge < -0.3 is 29.9 Å². The molecule has 40 heavy (non-hydrogen) atoms. The second kappa shape index (κ2) is 13.2. The molecule has 0 atom stereocenters. The van der Waals surface area contributed by atoms with E-state index in [9.17, 15) is 20.4 Å². The Bertz CT molecular complexity index is 1420. The van der Waals surface area contributed by atoms with Crippen molar-refractivity contribution in [2.24, 2.45) is 9.98 Å². The van der Waals surface area contributed by atoms with Gasteiger partial charge in [0.05, 0.1) is 13.2 Å². The van der Waals surface area contributed by atoms with E-state index >= 15 is 0 Å². The molecule has 0 spiro atoms. The van der Waals surface area contributed by atoms with Crippen LogP contribution in [0.1, 0.15) is 37.8 Å². The van der Waals surface area contributed by atoms with Gasteiger partial charge in [-0.1, -0.05) is 26.0 Å². The van der Waals surface area contributed by atoms with Gasteiger partial charge in [0.25, 0.3) is 0 Å². The number of rotatable bonds is 11. The Hall–Kier alpha value is -4.98. The lowest BCUT2D eigenvalue weighted by molar-refractivity contribution is 0.315. The molecule has 0 unspecified atom stereocenters. The first-order valence-corrected chi connectivity index (χ1v) is 13.0. The van der Waals surface area contributed by atoms with E-state index in [2.05, 4.69) is 9.98 Å². The molecule has 0 saturated heterocycles. The highest BCUT2D eigenvalue weighted by Crippen LogP contribution is 2.36. The van der Waals surface area contributed by atoms with Crippen LogP contribution < -0.4 is 9.47 Å². The van der Waals surface area contributed by atoms with Gasteiger partial charge in [-0.15, -0.1) is 0 Å². The molecule has 4 rings (SSSR count). The number of phenolic OH excluding ortho intramolecular Hbond substituents is 4. The Morgan fingerprint density at radius 3 is 1.35 bits per heavy atom. The van der Waals surface area contributed by atoms with Crippen LogP contribution in [0.4, 0.5) is 11.4 Å². The van der Waals surface area contributed by atoms with E-state index in [-0.39, 0.29) is 23.0 Å². The fourth-order valence-electron chi connectivity index (χ4n) is 3.78. The Morgan fingerprint density at radius 1 is 0.550 bits per heavy atom. The largest absolute Gasteiger partial charge is 0.507 e. The third kappa shape index (κ3) is 7.11. The van der Waals surface area contributed by atoms with Crippen LogP contribution in [0.3, 0.4) is 0 Å². The maximum atomic E-state index is 10.4. The van der Waals surface area contributed by atoms with E-state index in [0.29, 0.717) is 47.2 Å². The summed E-state index contributed by atoms with van der Waals surface area (Å²) in [7, 11) is 0. The summed E-state index contributed by atoms with van der Waals surface area (Å²) in [6.45, 7) is 5.12. The molecule has 8 nitrogen and oxygen atoms in total. The molecule has 4 aromatic carbocycles. The first kappa shape index (κ1) is 28.0. The first-order valence-electron chi connectivity index (χ1n) is 13.0.